The normalized spacial score (nSPS) is 19.3. The molecule has 2 aromatic carbocycles. The Bertz CT molecular complexity index is 1130. The van der Waals surface area contributed by atoms with Crippen molar-refractivity contribution < 1.29 is 14.6 Å². The van der Waals surface area contributed by atoms with E-state index in [1.807, 2.05) is 31.2 Å². The number of rotatable bonds is 6. The van der Waals surface area contributed by atoms with Crippen LogP contribution in [-0.4, -0.2) is 51.6 Å². The first-order valence-corrected chi connectivity index (χ1v) is 11.8. The van der Waals surface area contributed by atoms with Crippen LogP contribution >= 0.6 is 0 Å². The number of likely N-dealkylation sites (tertiary alicyclic amines) is 1. The zero-order chi connectivity index (χ0) is 23.5. The zero-order valence-corrected chi connectivity index (χ0v) is 19.4. The summed E-state index contributed by atoms with van der Waals surface area (Å²) in [5.41, 5.74) is 3.32. The largest absolute Gasteiger partial charge is 0.508 e. The number of piperidine rings is 1. The third-order valence-electron chi connectivity index (χ3n) is 6.77. The molecule has 0 aliphatic carbocycles. The van der Waals surface area contributed by atoms with Crippen molar-refractivity contribution in [3.63, 3.8) is 0 Å². The van der Waals surface area contributed by atoms with E-state index in [0.29, 0.717) is 18.2 Å². The van der Waals surface area contributed by atoms with Gasteiger partial charge in [0.2, 0.25) is 5.88 Å². The van der Waals surface area contributed by atoms with Crippen molar-refractivity contribution in [3.8, 4) is 17.4 Å². The molecule has 2 N–H and O–H groups in total. The van der Waals surface area contributed by atoms with Crippen LogP contribution in [0, 0.1) is 6.92 Å². The van der Waals surface area contributed by atoms with Gasteiger partial charge in [-0.25, -0.2) is 9.78 Å². The fraction of sp³-hybridized carbons (Fsp3) is 0.333. The van der Waals surface area contributed by atoms with E-state index in [9.17, 15) is 9.90 Å². The molecule has 1 atom stereocenters. The van der Waals surface area contributed by atoms with Gasteiger partial charge in [0.05, 0.1) is 6.04 Å². The van der Waals surface area contributed by atoms with Crippen LogP contribution in [0.4, 0.5) is 4.79 Å². The van der Waals surface area contributed by atoms with E-state index in [1.165, 1.54) is 11.1 Å². The van der Waals surface area contributed by atoms with Crippen molar-refractivity contribution in [1.82, 2.24) is 20.1 Å². The second-order valence-corrected chi connectivity index (χ2v) is 9.02. The number of carbonyl (C=O) groups excluding carboxylic acids is 1. The molecule has 2 saturated heterocycles. The Balaban J connectivity index is 1.18. The lowest BCUT2D eigenvalue weighted by molar-refractivity contribution is 0.112. The van der Waals surface area contributed by atoms with E-state index in [-0.39, 0.29) is 23.9 Å². The highest BCUT2D eigenvalue weighted by Crippen LogP contribution is 2.31. The average Bonchev–Trinajstić information content (AvgIpc) is 3.24. The van der Waals surface area contributed by atoms with E-state index < -0.39 is 0 Å². The Labute approximate surface area is 200 Å². The first-order chi connectivity index (χ1) is 16.6. The summed E-state index contributed by atoms with van der Waals surface area (Å²) in [4.78, 5) is 21.7. The number of aromatic hydroxyl groups is 1. The van der Waals surface area contributed by atoms with E-state index in [1.54, 1.807) is 24.3 Å². The second-order valence-electron chi connectivity index (χ2n) is 9.02. The lowest BCUT2D eigenvalue weighted by atomic mass is 9.98. The highest BCUT2D eigenvalue weighted by molar-refractivity contribution is 5.77. The number of phenolic OH excluding ortho intramolecular Hbond substituents is 1. The number of hydrogen-bond donors (Lipinski definition) is 2. The van der Waals surface area contributed by atoms with Crippen LogP contribution in [0.15, 0.2) is 66.7 Å². The van der Waals surface area contributed by atoms with Crippen LogP contribution < -0.4 is 10.1 Å². The number of amides is 2. The highest BCUT2D eigenvalue weighted by Gasteiger charge is 2.38. The van der Waals surface area contributed by atoms with Crippen molar-refractivity contribution in [2.75, 3.05) is 19.6 Å². The highest BCUT2D eigenvalue weighted by atomic mass is 16.5. The van der Waals surface area contributed by atoms with Crippen LogP contribution in [0.25, 0.3) is 0 Å². The van der Waals surface area contributed by atoms with E-state index in [2.05, 4.69) is 38.3 Å². The topological polar surface area (TPSA) is 77.9 Å². The molecule has 0 bridgehead atoms. The standard InChI is InChI=1S/C27H30N4O3/c1-19-21(7-12-26(29-19)34-24-10-8-23(32)9-11-24)18-30-15-13-22(14-16-30)31-25(17-28-27(31)33)20-5-3-2-4-6-20/h2-12,22,25,32H,13-18H2,1H3,(H,28,33). The molecule has 3 heterocycles. The lowest BCUT2D eigenvalue weighted by Gasteiger charge is -2.38. The van der Waals surface area contributed by atoms with E-state index >= 15 is 0 Å². The molecule has 1 unspecified atom stereocenters. The van der Waals surface area contributed by atoms with Gasteiger partial charge in [0, 0.05) is 44.0 Å². The molecule has 0 radical (unpaired) electrons. The molecular weight excluding hydrogens is 428 g/mol. The molecule has 0 saturated carbocycles. The fourth-order valence-electron chi connectivity index (χ4n) is 4.91. The Morgan fingerprint density at radius 3 is 2.47 bits per heavy atom. The molecule has 7 nitrogen and oxygen atoms in total. The van der Waals surface area contributed by atoms with Crippen molar-refractivity contribution in [3.05, 3.63) is 83.6 Å². The molecule has 34 heavy (non-hydrogen) atoms. The van der Waals surface area contributed by atoms with Crippen LogP contribution in [0.2, 0.25) is 0 Å². The second kappa shape index (κ2) is 9.73. The van der Waals surface area contributed by atoms with Crippen molar-refractivity contribution in [2.24, 2.45) is 0 Å². The summed E-state index contributed by atoms with van der Waals surface area (Å²) in [5, 5.41) is 12.5. The Kier molecular flexibility index (Phi) is 6.36. The lowest BCUT2D eigenvalue weighted by Crippen LogP contribution is -2.46. The smallest absolute Gasteiger partial charge is 0.318 e. The molecule has 0 spiro atoms. The minimum atomic E-state index is 0.0524. The molecule has 176 valence electrons. The number of nitrogens with zero attached hydrogens (tertiary/aromatic N) is 3. The summed E-state index contributed by atoms with van der Waals surface area (Å²) in [6.45, 7) is 5.40. The third kappa shape index (κ3) is 4.84. The summed E-state index contributed by atoms with van der Waals surface area (Å²) in [7, 11) is 0. The number of aromatic nitrogens is 1. The first kappa shape index (κ1) is 22.2. The maximum atomic E-state index is 12.6. The molecule has 2 amide bonds. The SMILES string of the molecule is Cc1nc(Oc2ccc(O)cc2)ccc1CN1CCC(N2C(=O)NCC2c2ccccc2)CC1. The van der Waals surface area contributed by atoms with Gasteiger partial charge in [-0.1, -0.05) is 36.4 Å². The van der Waals surface area contributed by atoms with Gasteiger partial charge in [0.1, 0.15) is 11.5 Å². The first-order valence-electron chi connectivity index (χ1n) is 11.8. The number of nitrogens with one attached hydrogen (secondary N) is 1. The summed E-state index contributed by atoms with van der Waals surface area (Å²) in [6, 6.07) is 21.3. The van der Waals surface area contributed by atoms with Gasteiger partial charge in [-0.2, -0.15) is 0 Å². The van der Waals surface area contributed by atoms with Gasteiger partial charge < -0.3 is 20.1 Å². The van der Waals surface area contributed by atoms with Crippen molar-refractivity contribution in [1.29, 1.82) is 0 Å². The minimum Gasteiger partial charge on any atom is -0.508 e. The number of pyridine rings is 1. The fourth-order valence-corrected chi connectivity index (χ4v) is 4.91. The number of aryl methyl sites for hydroxylation is 1. The van der Waals surface area contributed by atoms with Gasteiger partial charge >= 0.3 is 6.03 Å². The Morgan fingerprint density at radius 2 is 1.76 bits per heavy atom. The maximum Gasteiger partial charge on any atom is 0.318 e. The van der Waals surface area contributed by atoms with Gasteiger partial charge in [-0.3, -0.25) is 4.90 Å². The molecule has 7 heteroatoms. The number of ether oxygens (including phenoxy) is 1. The molecule has 2 aliphatic heterocycles. The molecule has 5 rings (SSSR count). The predicted octanol–water partition coefficient (Wildman–Crippen LogP) is 4.62. The van der Waals surface area contributed by atoms with Crippen LogP contribution in [-0.2, 0) is 6.54 Å². The number of urea groups is 1. The number of phenols is 1. The van der Waals surface area contributed by atoms with E-state index in [4.69, 9.17) is 4.74 Å². The van der Waals surface area contributed by atoms with Gasteiger partial charge in [-0.15, -0.1) is 0 Å². The van der Waals surface area contributed by atoms with E-state index in [0.717, 1.165) is 38.2 Å². The van der Waals surface area contributed by atoms with Gasteiger partial charge in [0.25, 0.3) is 0 Å². The zero-order valence-electron chi connectivity index (χ0n) is 19.4. The minimum absolute atomic E-state index is 0.0524. The number of hydrogen-bond acceptors (Lipinski definition) is 5. The average molecular weight is 459 g/mol. The Hall–Kier alpha value is -3.58. The number of benzene rings is 2. The summed E-state index contributed by atoms with van der Waals surface area (Å²) < 4.78 is 5.81. The summed E-state index contributed by atoms with van der Waals surface area (Å²) >= 11 is 0. The van der Waals surface area contributed by atoms with Gasteiger partial charge in [0.15, 0.2) is 0 Å². The molecular formula is C27H30N4O3. The van der Waals surface area contributed by atoms with Crippen LogP contribution in [0.3, 0.4) is 0 Å². The third-order valence-corrected chi connectivity index (χ3v) is 6.77. The summed E-state index contributed by atoms with van der Waals surface area (Å²) in [6.07, 6.45) is 1.93. The molecule has 3 aromatic rings. The predicted molar refractivity (Wildman–Crippen MR) is 130 cm³/mol. The van der Waals surface area contributed by atoms with Gasteiger partial charge in [-0.05, 0) is 55.2 Å². The molecule has 2 fully saturated rings. The van der Waals surface area contributed by atoms with Crippen LogP contribution in [0.5, 0.6) is 17.4 Å². The van der Waals surface area contributed by atoms with Crippen molar-refractivity contribution in [2.45, 2.75) is 38.4 Å². The summed E-state index contributed by atoms with van der Waals surface area (Å²) in [5.74, 6) is 1.38. The van der Waals surface area contributed by atoms with Crippen molar-refractivity contribution >= 4 is 6.03 Å². The molecule has 1 aromatic heterocycles. The monoisotopic (exact) mass is 458 g/mol. The Morgan fingerprint density at radius 1 is 1.03 bits per heavy atom. The number of carbonyl (C=O) groups is 1. The van der Waals surface area contributed by atoms with Crippen LogP contribution in [0.1, 0.15) is 35.7 Å². The molecule has 2 aliphatic rings. The maximum absolute atomic E-state index is 12.6. The quantitative estimate of drug-likeness (QED) is 0.564.